The zero-order chi connectivity index (χ0) is 14.4. The highest BCUT2D eigenvalue weighted by atomic mass is 16.7. The molecule has 2 heterocycles. The van der Waals surface area contributed by atoms with Gasteiger partial charge in [-0.15, -0.1) is 0 Å². The number of pyridine rings is 1. The molecule has 4 N–H and O–H groups in total. The summed E-state index contributed by atoms with van der Waals surface area (Å²) >= 11 is 0. The first kappa shape index (κ1) is 14.3. The molecule has 2 rings (SSSR count). The van der Waals surface area contributed by atoms with E-state index in [4.69, 9.17) is 20.8 Å². The molecule has 19 heavy (non-hydrogen) atoms. The zero-order valence-corrected chi connectivity index (χ0v) is 12.2. The van der Waals surface area contributed by atoms with Gasteiger partial charge < -0.3 is 20.8 Å². The molecule has 0 aliphatic carbocycles. The maximum atomic E-state index is 5.96. The van der Waals surface area contributed by atoms with Crippen LogP contribution in [-0.2, 0) is 9.31 Å². The number of hydrogen-bond donors (Lipinski definition) is 2. The minimum atomic E-state index is -0.483. The predicted octanol–water partition coefficient (Wildman–Crippen LogP) is 0.983. The molecule has 1 aliphatic heterocycles. The van der Waals surface area contributed by atoms with Crippen LogP contribution in [0.2, 0.25) is 0 Å². The van der Waals surface area contributed by atoms with E-state index in [1.165, 1.54) is 0 Å². The van der Waals surface area contributed by atoms with Crippen LogP contribution < -0.4 is 17.1 Å². The fourth-order valence-electron chi connectivity index (χ4n) is 1.99. The largest absolute Gasteiger partial charge is 0.514 e. The number of hydrogen-bond acceptors (Lipinski definition) is 5. The van der Waals surface area contributed by atoms with Crippen molar-refractivity contribution in [2.75, 3.05) is 5.73 Å². The first-order valence-electron chi connectivity index (χ1n) is 6.50. The van der Waals surface area contributed by atoms with Crippen LogP contribution >= 0.6 is 0 Å². The molecule has 6 heteroatoms. The molecule has 1 unspecified atom stereocenters. The molecule has 104 valence electrons. The number of anilines is 1. The first-order chi connectivity index (χ1) is 8.64. The summed E-state index contributed by atoms with van der Waals surface area (Å²) < 4.78 is 11.9. The summed E-state index contributed by atoms with van der Waals surface area (Å²) in [7, 11) is -0.483. The van der Waals surface area contributed by atoms with Gasteiger partial charge in [-0.25, -0.2) is 0 Å². The molecular formula is C13H22BN3O2. The second-order valence-electron chi connectivity index (χ2n) is 6.12. The second-order valence-corrected chi connectivity index (χ2v) is 6.12. The minimum absolute atomic E-state index is 0.149. The van der Waals surface area contributed by atoms with Crippen molar-refractivity contribution in [3.05, 3.63) is 17.8 Å². The summed E-state index contributed by atoms with van der Waals surface area (Å²) in [4.78, 5) is 4.30. The third kappa shape index (κ3) is 2.48. The van der Waals surface area contributed by atoms with Crippen molar-refractivity contribution in [3.8, 4) is 0 Å². The summed E-state index contributed by atoms with van der Waals surface area (Å²) in [5.41, 5.74) is 13.2. The standard InChI is InChI=1S/C13H22BN3O2/c1-8(15)9-6-11(17-7-10(9)16)14-18-12(2,3)13(4,5)19-14/h6-8H,15-16H2,1-5H3. The molecule has 1 aromatic rings. The first-order valence-corrected chi connectivity index (χ1v) is 6.50. The maximum absolute atomic E-state index is 5.96. The Labute approximate surface area is 114 Å². The van der Waals surface area contributed by atoms with Crippen molar-refractivity contribution >= 4 is 18.4 Å². The average molecular weight is 263 g/mol. The van der Waals surface area contributed by atoms with Crippen molar-refractivity contribution in [1.29, 1.82) is 0 Å². The Balaban J connectivity index is 2.32. The van der Waals surface area contributed by atoms with Gasteiger partial charge in [0.05, 0.1) is 22.5 Å². The third-order valence-electron chi connectivity index (χ3n) is 3.97. The van der Waals surface area contributed by atoms with Crippen LogP contribution in [0.3, 0.4) is 0 Å². The quantitative estimate of drug-likeness (QED) is 0.777. The Morgan fingerprint density at radius 2 is 1.74 bits per heavy atom. The van der Waals surface area contributed by atoms with Crippen molar-refractivity contribution < 1.29 is 9.31 Å². The van der Waals surface area contributed by atoms with Crippen molar-refractivity contribution in [1.82, 2.24) is 4.98 Å². The molecule has 0 amide bonds. The van der Waals surface area contributed by atoms with Gasteiger partial charge in [-0.05, 0) is 46.2 Å². The average Bonchev–Trinajstić information content (AvgIpc) is 2.48. The number of rotatable bonds is 2. The lowest BCUT2D eigenvalue weighted by molar-refractivity contribution is 0.00578. The highest BCUT2D eigenvalue weighted by molar-refractivity contribution is 6.61. The van der Waals surface area contributed by atoms with Gasteiger partial charge in [-0.2, -0.15) is 0 Å². The summed E-state index contributed by atoms with van der Waals surface area (Å²) in [5, 5.41) is 0. The lowest BCUT2D eigenvalue weighted by Gasteiger charge is -2.32. The molecule has 0 aromatic carbocycles. The Morgan fingerprint density at radius 1 is 1.21 bits per heavy atom. The van der Waals surface area contributed by atoms with Gasteiger partial charge >= 0.3 is 7.12 Å². The normalized spacial score (nSPS) is 22.5. The molecule has 1 saturated heterocycles. The molecule has 1 fully saturated rings. The zero-order valence-electron chi connectivity index (χ0n) is 12.2. The topological polar surface area (TPSA) is 83.4 Å². The molecule has 0 bridgehead atoms. The van der Waals surface area contributed by atoms with Gasteiger partial charge in [-0.1, -0.05) is 0 Å². The van der Waals surface area contributed by atoms with Crippen LogP contribution in [0.5, 0.6) is 0 Å². The summed E-state index contributed by atoms with van der Waals surface area (Å²) in [6.45, 7) is 9.93. The SMILES string of the molecule is CC(N)c1cc(B2OC(C)(C)C(C)(C)O2)ncc1N. The van der Waals surface area contributed by atoms with Crippen LogP contribution in [0, 0.1) is 0 Å². The predicted molar refractivity (Wildman–Crippen MR) is 77.0 cm³/mol. The van der Waals surface area contributed by atoms with E-state index in [9.17, 15) is 0 Å². The van der Waals surface area contributed by atoms with Gasteiger partial charge in [0.15, 0.2) is 0 Å². The van der Waals surface area contributed by atoms with Crippen LogP contribution in [0.4, 0.5) is 5.69 Å². The number of aromatic nitrogens is 1. The molecular weight excluding hydrogens is 241 g/mol. The molecule has 0 spiro atoms. The monoisotopic (exact) mass is 263 g/mol. The van der Waals surface area contributed by atoms with Crippen LogP contribution in [0.15, 0.2) is 12.3 Å². The molecule has 0 saturated carbocycles. The summed E-state index contributed by atoms with van der Waals surface area (Å²) in [5.74, 6) is 0. The van der Waals surface area contributed by atoms with E-state index in [-0.39, 0.29) is 17.2 Å². The molecule has 0 radical (unpaired) electrons. The fraction of sp³-hybridized carbons (Fsp3) is 0.615. The molecule has 1 aliphatic rings. The van der Waals surface area contributed by atoms with E-state index in [1.54, 1.807) is 6.20 Å². The highest BCUT2D eigenvalue weighted by Gasteiger charge is 2.52. The Hall–Kier alpha value is -1.11. The lowest BCUT2D eigenvalue weighted by atomic mass is 9.83. The number of nitrogens with zero attached hydrogens (tertiary/aromatic N) is 1. The Kier molecular flexibility index (Phi) is 3.37. The smallest absolute Gasteiger partial charge is 0.398 e. The number of nitrogen functional groups attached to an aromatic ring is 1. The van der Waals surface area contributed by atoms with E-state index >= 15 is 0 Å². The molecule has 5 nitrogen and oxygen atoms in total. The molecule has 1 aromatic heterocycles. The van der Waals surface area contributed by atoms with E-state index in [0.29, 0.717) is 11.3 Å². The van der Waals surface area contributed by atoms with Gasteiger partial charge in [0.2, 0.25) is 0 Å². The van der Waals surface area contributed by atoms with Gasteiger partial charge in [0, 0.05) is 12.2 Å². The Bertz CT molecular complexity index is 473. The maximum Gasteiger partial charge on any atom is 0.514 e. The lowest BCUT2D eigenvalue weighted by Crippen LogP contribution is -2.41. The fourth-order valence-corrected chi connectivity index (χ4v) is 1.99. The van der Waals surface area contributed by atoms with E-state index in [2.05, 4.69) is 4.98 Å². The van der Waals surface area contributed by atoms with Crippen molar-refractivity contribution in [2.45, 2.75) is 51.9 Å². The van der Waals surface area contributed by atoms with Crippen LogP contribution in [0.1, 0.15) is 46.2 Å². The van der Waals surface area contributed by atoms with E-state index in [1.807, 2.05) is 40.7 Å². The van der Waals surface area contributed by atoms with E-state index in [0.717, 1.165) is 5.56 Å². The minimum Gasteiger partial charge on any atom is -0.398 e. The van der Waals surface area contributed by atoms with Crippen LogP contribution in [0.25, 0.3) is 0 Å². The highest BCUT2D eigenvalue weighted by Crippen LogP contribution is 2.36. The third-order valence-corrected chi connectivity index (χ3v) is 3.97. The number of nitrogens with two attached hydrogens (primary N) is 2. The van der Waals surface area contributed by atoms with Gasteiger partial charge in [0.25, 0.3) is 0 Å². The van der Waals surface area contributed by atoms with E-state index < -0.39 is 7.12 Å². The van der Waals surface area contributed by atoms with Crippen LogP contribution in [-0.4, -0.2) is 23.3 Å². The Morgan fingerprint density at radius 3 is 2.21 bits per heavy atom. The summed E-state index contributed by atoms with van der Waals surface area (Å²) in [6, 6.07) is 1.71. The van der Waals surface area contributed by atoms with Crippen molar-refractivity contribution in [2.24, 2.45) is 5.73 Å². The summed E-state index contributed by atoms with van der Waals surface area (Å²) in [6.07, 6.45) is 1.61. The van der Waals surface area contributed by atoms with Gasteiger partial charge in [0.1, 0.15) is 0 Å². The second kappa shape index (κ2) is 4.47. The van der Waals surface area contributed by atoms with Crippen molar-refractivity contribution in [3.63, 3.8) is 0 Å². The van der Waals surface area contributed by atoms with Gasteiger partial charge in [-0.3, -0.25) is 4.98 Å². The molecule has 1 atom stereocenters.